The first-order chi connectivity index (χ1) is 6.98. The number of thiophene rings is 1. The van der Waals surface area contributed by atoms with Crippen molar-refractivity contribution >= 4 is 27.3 Å². The number of hydrogen-bond donors (Lipinski definition) is 1. The lowest BCUT2D eigenvalue weighted by molar-refractivity contribution is -0.120. The van der Waals surface area contributed by atoms with Gasteiger partial charge in [-0.2, -0.15) is 4.31 Å². The van der Waals surface area contributed by atoms with Crippen molar-refractivity contribution in [3.05, 3.63) is 17.5 Å². The first kappa shape index (κ1) is 12.2. The third-order valence-corrected chi connectivity index (χ3v) is 4.98. The molecule has 0 aromatic carbocycles. The molecule has 0 fully saturated rings. The van der Waals surface area contributed by atoms with Crippen LogP contribution in [0.1, 0.15) is 0 Å². The lowest BCUT2D eigenvalue weighted by Gasteiger charge is -2.14. The van der Waals surface area contributed by atoms with E-state index in [0.717, 1.165) is 15.6 Å². The van der Waals surface area contributed by atoms with Crippen LogP contribution in [-0.2, 0) is 14.8 Å². The number of carbonyl (C=O) groups is 1. The summed E-state index contributed by atoms with van der Waals surface area (Å²) in [5.41, 5.74) is 0. The Bertz CT molecular complexity index is 425. The van der Waals surface area contributed by atoms with Gasteiger partial charge in [0.25, 0.3) is 10.0 Å². The second kappa shape index (κ2) is 4.73. The van der Waals surface area contributed by atoms with Gasteiger partial charge in [0.05, 0.1) is 6.54 Å². The fourth-order valence-electron chi connectivity index (χ4n) is 0.930. The van der Waals surface area contributed by atoms with Gasteiger partial charge < -0.3 is 5.32 Å². The highest BCUT2D eigenvalue weighted by Crippen LogP contribution is 2.19. The third kappa shape index (κ3) is 2.77. The van der Waals surface area contributed by atoms with Gasteiger partial charge in [0.15, 0.2) is 0 Å². The molecule has 1 amide bonds. The van der Waals surface area contributed by atoms with Crippen LogP contribution in [0.15, 0.2) is 21.7 Å². The summed E-state index contributed by atoms with van der Waals surface area (Å²) in [6.45, 7) is -0.170. The topological polar surface area (TPSA) is 66.5 Å². The summed E-state index contributed by atoms with van der Waals surface area (Å²) in [5, 5.41) is 4.05. The Balaban J connectivity index is 2.84. The average molecular weight is 248 g/mol. The van der Waals surface area contributed by atoms with Gasteiger partial charge in [-0.3, -0.25) is 4.79 Å². The van der Waals surface area contributed by atoms with E-state index in [-0.39, 0.29) is 16.7 Å². The van der Waals surface area contributed by atoms with Gasteiger partial charge in [-0.05, 0) is 11.4 Å². The van der Waals surface area contributed by atoms with Crippen molar-refractivity contribution in [1.82, 2.24) is 9.62 Å². The molecule has 0 saturated carbocycles. The van der Waals surface area contributed by atoms with E-state index >= 15 is 0 Å². The summed E-state index contributed by atoms with van der Waals surface area (Å²) in [7, 11) is -0.664. The number of nitrogens with zero attached hydrogens (tertiary/aromatic N) is 1. The number of nitrogens with one attached hydrogen (secondary N) is 1. The minimum absolute atomic E-state index is 0.170. The molecule has 1 N–H and O–H groups in total. The van der Waals surface area contributed by atoms with Gasteiger partial charge in [-0.15, -0.1) is 11.3 Å². The number of carbonyl (C=O) groups excluding carboxylic acids is 1. The van der Waals surface area contributed by atoms with E-state index in [9.17, 15) is 13.2 Å². The second-order valence-corrected chi connectivity index (χ2v) is 6.09. The van der Waals surface area contributed by atoms with Crippen LogP contribution in [0.25, 0.3) is 0 Å². The van der Waals surface area contributed by atoms with Crippen molar-refractivity contribution in [1.29, 1.82) is 0 Å². The normalized spacial score (nSPS) is 11.7. The van der Waals surface area contributed by atoms with Gasteiger partial charge in [0.2, 0.25) is 5.91 Å². The number of amides is 1. The molecule has 5 nitrogen and oxygen atoms in total. The molecule has 1 aromatic rings. The van der Waals surface area contributed by atoms with Crippen molar-refractivity contribution in [3.8, 4) is 0 Å². The van der Waals surface area contributed by atoms with Crippen molar-refractivity contribution in [2.45, 2.75) is 4.21 Å². The average Bonchev–Trinajstić information content (AvgIpc) is 2.70. The molecule has 0 spiro atoms. The van der Waals surface area contributed by atoms with Gasteiger partial charge in [0, 0.05) is 14.1 Å². The van der Waals surface area contributed by atoms with Gasteiger partial charge in [0.1, 0.15) is 4.21 Å². The van der Waals surface area contributed by atoms with Crippen LogP contribution >= 0.6 is 11.3 Å². The molecule has 1 aromatic heterocycles. The van der Waals surface area contributed by atoms with Crippen LogP contribution in [0, 0.1) is 0 Å². The Kier molecular flexibility index (Phi) is 3.83. The molecular weight excluding hydrogens is 236 g/mol. The van der Waals surface area contributed by atoms with Gasteiger partial charge in [-0.1, -0.05) is 6.07 Å². The Morgan fingerprint density at radius 2 is 2.27 bits per heavy atom. The molecule has 15 heavy (non-hydrogen) atoms. The molecule has 0 unspecified atom stereocenters. The van der Waals surface area contributed by atoms with Gasteiger partial charge >= 0.3 is 0 Å². The minimum Gasteiger partial charge on any atom is -0.358 e. The van der Waals surface area contributed by atoms with Crippen molar-refractivity contribution in [2.24, 2.45) is 0 Å². The molecule has 1 rings (SSSR count). The first-order valence-electron chi connectivity index (χ1n) is 4.19. The lowest BCUT2D eigenvalue weighted by atomic mass is 10.6. The standard InChI is InChI=1S/C8H12N2O3S2/c1-9-7(11)6-10(2)15(12,13)8-4-3-5-14-8/h3-5H,6H2,1-2H3,(H,9,11). The summed E-state index contributed by atoms with van der Waals surface area (Å²) in [6.07, 6.45) is 0. The van der Waals surface area contributed by atoms with Crippen molar-refractivity contribution < 1.29 is 13.2 Å². The van der Waals surface area contributed by atoms with Crippen LogP contribution in [0.3, 0.4) is 0 Å². The fraction of sp³-hybridized carbons (Fsp3) is 0.375. The molecule has 0 atom stereocenters. The minimum atomic E-state index is -3.51. The smallest absolute Gasteiger partial charge is 0.252 e. The van der Waals surface area contributed by atoms with Gasteiger partial charge in [-0.25, -0.2) is 8.42 Å². The molecule has 1 heterocycles. The highest BCUT2D eigenvalue weighted by molar-refractivity contribution is 7.91. The summed E-state index contributed by atoms with van der Waals surface area (Å²) in [5.74, 6) is -0.336. The quantitative estimate of drug-likeness (QED) is 0.822. The summed E-state index contributed by atoms with van der Waals surface area (Å²) in [6, 6.07) is 3.17. The summed E-state index contributed by atoms with van der Waals surface area (Å²) < 4.78 is 24.9. The number of likely N-dealkylation sites (N-methyl/N-ethyl adjacent to an activating group) is 2. The maximum absolute atomic E-state index is 11.8. The van der Waals surface area contributed by atoms with E-state index in [2.05, 4.69) is 5.32 Å². The SMILES string of the molecule is CNC(=O)CN(C)S(=O)(=O)c1cccs1. The Hall–Kier alpha value is -0.920. The van der Waals surface area contributed by atoms with Crippen molar-refractivity contribution in [2.75, 3.05) is 20.6 Å². The van der Waals surface area contributed by atoms with Crippen LogP contribution in [0.5, 0.6) is 0 Å². The first-order valence-corrected chi connectivity index (χ1v) is 6.51. The van der Waals surface area contributed by atoms with E-state index in [1.807, 2.05) is 0 Å². The van der Waals surface area contributed by atoms with E-state index in [1.54, 1.807) is 11.4 Å². The molecular formula is C8H12N2O3S2. The Labute approximate surface area is 92.8 Å². The molecule has 0 radical (unpaired) electrons. The highest BCUT2D eigenvalue weighted by Gasteiger charge is 2.23. The third-order valence-electron chi connectivity index (χ3n) is 1.80. The van der Waals surface area contributed by atoms with E-state index in [0.29, 0.717) is 0 Å². The van der Waals surface area contributed by atoms with E-state index in [4.69, 9.17) is 0 Å². The molecule has 0 aliphatic rings. The molecule has 84 valence electrons. The van der Waals surface area contributed by atoms with Crippen LogP contribution in [0.2, 0.25) is 0 Å². The van der Waals surface area contributed by atoms with Crippen LogP contribution in [-0.4, -0.2) is 39.3 Å². The molecule has 0 aliphatic heterocycles. The zero-order valence-corrected chi connectivity index (χ0v) is 10.1. The Morgan fingerprint density at radius 3 is 2.73 bits per heavy atom. The van der Waals surface area contributed by atoms with E-state index < -0.39 is 10.0 Å². The largest absolute Gasteiger partial charge is 0.358 e. The zero-order chi connectivity index (χ0) is 11.5. The van der Waals surface area contributed by atoms with E-state index in [1.165, 1.54) is 20.2 Å². The maximum atomic E-state index is 11.8. The predicted octanol–water partition coefficient (Wildman–Crippen LogP) is 0.115. The van der Waals surface area contributed by atoms with Crippen molar-refractivity contribution in [3.63, 3.8) is 0 Å². The summed E-state index contributed by atoms with van der Waals surface area (Å²) >= 11 is 1.13. The number of hydrogen-bond acceptors (Lipinski definition) is 4. The number of sulfonamides is 1. The monoisotopic (exact) mass is 248 g/mol. The summed E-state index contributed by atoms with van der Waals surface area (Å²) in [4.78, 5) is 11.0. The molecule has 7 heteroatoms. The lowest BCUT2D eigenvalue weighted by Crippen LogP contribution is -2.36. The zero-order valence-electron chi connectivity index (χ0n) is 8.43. The number of rotatable bonds is 4. The fourth-order valence-corrected chi connectivity index (χ4v) is 3.26. The molecule has 0 bridgehead atoms. The second-order valence-electron chi connectivity index (χ2n) is 2.87. The predicted molar refractivity (Wildman–Crippen MR) is 58.2 cm³/mol. The van der Waals surface area contributed by atoms with Crippen LogP contribution in [0.4, 0.5) is 0 Å². The Morgan fingerprint density at radius 1 is 1.60 bits per heavy atom. The molecule has 0 aliphatic carbocycles. The maximum Gasteiger partial charge on any atom is 0.252 e. The molecule has 0 saturated heterocycles. The van der Waals surface area contributed by atoms with Crippen LogP contribution < -0.4 is 5.32 Å². The highest BCUT2D eigenvalue weighted by atomic mass is 32.2.